The fourth-order valence-electron chi connectivity index (χ4n) is 3.09. The standard InChI is InChI=1S/C23H17N5O/c1-3-9-17(10-4-1)22-18(16-28(27-22)19-11-5-2-6-12-19)15-24-26-23-25-20-13-7-8-14-21(20)29-23/h1-16H,(H,25,26). The predicted molar refractivity (Wildman–Crippen MR) is 114 cm³/mol. The molecule has 2 heterocycles. The molecule has 0 fully saturated rings. The molecule has 0 atom stereocenters. The van der Waals surface area contributed by atoms with Crippen molar-refractivity contribution in [2.45, 2.75) is 0 Å². The third-order valence-corrected chi connectivity index (χ3v) is 4.47. The first-order chi connectivity index (χ1) is 14.4. The minimum absolute atomic E-state index is 0.346. The first kappa shape index (κ1) is 16.9. The minimum Gasteiger partial charge on any atom is -0.422 e. The fraction of sp³-hybridized carbons (Fsp3) is 0. The molecule has 0 amide bonds. The van der Waals surface area contributed by atoms with Crippen LogP contribution in [0.4, 0.5) is 6.01 Å². The van der Waals surface area contributed by atoms with Gasteiger partial charge in [0.05, 0.1) is 11.9 Å². The summed E-state index contributed by atoms with van der Waals surface area (Å²) in [5.41, 5.74) is 8.09. The summed E-state index contributed by atoms with van der Waals surface area (Å²) in [7, 11) is 0. The topological polar surface area (TPSA) is 68.2 Å². The van der Waals surface area contributed by atoms with E-state index in [-0.39, 0.29) is 0 Å². The largest absolute Gasteiger partial charge is 0.422 e. The van der Waals surface area contributed by atoms with Crippen molar-refractivity contribution in [3.8, 4) is 16.9 Å². The van der Waals surface area contributed by atoms with Gasteiger partial charge in [-0.3, -0.25) is 0 Å². The number of benzene rings is 3. The second-order valence-corrected chi connectivity index (χ2v) is 6.44. The number of fused-ring (bicyclic) bond motifs is 1. The molecule has 0 saturated carbocycles. The molecule has 0 unspecified atom stereocenters. The Morgan fingerprint density at radius 1 is 0.862 bits per heavy atom. The normalized spacial score (nSPS) is 11.3. The Balaban J connectivity index is 1.47. The highest BCUT2D eigenvalue weighted by Crippen LogP contribution is 2.23. The number of hydrogen-bond donors (Lipinski definition) is 1. The lowest BCUT2D eigenvalue weighted by Crippen LogP contribution is -1.93. The molecule has 0 radical (unpaired) electrons. The second-order valence-electron chi connectivity index (χ2n) is 6.44. The number of rotatable bonds is 5. The highest BCUT2D eigenvalue weighted by atomic mass is 16.4. The molecule has 6 nitrogen and oxygen atoms in total. The van der Waals surface area contributed by atoms with Crippen LogP contribution in [0.5, 0.6) is 0 Å². The predicted octanol–water partition coefficient (Wildman–Crippen LogP) is 5.13. The molecule has 3 aromatic carbocycles. The van der Waals surface area contributed by atoms with Gasteiger partial charge in [0.1, 0.15) is 11.2 Å². The summed E-state index contributed by atoms with van der Waals surface area (Å²) >= 11 is 0. The van der Waals surface area contributed by atoms with E-state index < -0.39 is 0 Å². The van der Waals surface area contributed by atoms with Crippen molar-refractivity contribution in [3.05, 3.63) is 96.7 Å². The Bertz CT molecular complexity index is 1240. The van der Waals surface area contributed by atoms with Gasteiger partial charge in [0.2, 0.25) is 0 Å². The van der Waals surface area contributed by atoms with Gasteiger partial charge in [0, 0.05) is 17.3 Å². The summed E-state index contributed by atoms with van der Waals surface area (Å²) in [6.45, 7) is 0. The average Bonchev–Trinajstić information content (AvgIpc) is 3.39. The summed E-state index contributed by atoms with van der Waals surface area (Å²) in [4.78, 5) is 4.36. The second kappa shape index (κ2) is 7.44. The Hall–Kier alpha value is -4.19. The average molecular weight is 379 g/mol. The molecule has 29 heavy (non-hydrogen) atoms. The zero-order valence-electron chi connectivity index (χ0n) is 15.4. The van der Waals surface area contributed by atoms with Crippen molar-refractivity contribution in [1.29, 1.82) is 0 Å². The summed E-state index contributed by atoms with van der Waals surface area (Å²) in [5.74, 6) is 0. The number of nitrogens with one attached hydrogen (secondary N) is 1. The highest BCUT2D eigenvalue weighted by molar-refractivity contribution is 5.89. The lowest BCUT2D eigenvalue weighted by molar-refractivity contribution is 0.617. The van der Waals surface area contributed by atoms with Gasteiger partial charge in [0.15, 0.2) is 5.58 Å². The van der Waals surface area contributed by atoms with E-state index >= 15 is 0 Å². The number of nitrogens with zero attached hydrogens (tertiary/aromatic N) is 4. The Kier molecular flexibility index (Phi) is 4.35. The highest BCUT2D eigenvalue weighted by Gasteiger charge is 2.11. The van der Waals surface area contributed by atoms with E-state index in [1.165, 1.54) is 0 Å². The van der Waals surface area contributed by atoms with E-state index in [2.05, 4.69) is 15.5 Å². The van der Waals surface area contributed by atoms with E-state index in [0.717, 1.165) is 28.0 Å². The van der Waals surface area contributed by atoms with E-state index in [1.54, 1.807) is 6.21 Å². The van der Waals surface area contributed by atoms with Crippen molar-refractivity contribution in [2.75, 3.05) is 5.43 Å². The van der Waals surface area contributed by atoms with Crippen molar-refractivity contribution in [1.82, 2.24) is 14.8 Å². The molecule has 0 spiro atoms. The van der Waals surface area contributed by atoms with Gasteiger partial charge >= 0.3 is 6.01 Å². The van der Waals surface area contributed by atoms with Gasteiger partial charge in [-0.15, -0.1) is 0 Å². The van der Waals surface area contributed by atoms with Crippen LogP contribution in [0, 0.1) is 0 Å². The quantitative estimate of drug-likeness (QED) is 0.340. The first-order valence-electron chi connectivity index (χ1n) is 9.22. The third kappa shape index (κ3) is 3.51. The molecule has 0 aliphatic heterocycles. The molecular weight excluding hydrogens is 362 g/mol. The Morgan fingerprint density at radius 2 is 1.59 bits per heavy atom. The van der Waals surface area contributed by atoms with Gasteiger partial charge < -0.3 is 4.42 Å². The van der Waals surface area contributed by atoms with Crippen LogP contribution in [0.25, 0.3) is 28.0 Å². The van der Waals surface area contributed by atoms with E-state index in [0.29, 0.717) is 11.6 Å². The fourth-order valence-corrected chi connectivity index (χ4v) is 3.09. The number of para-hydroxylation sites is 3. The zero-order chi connectivity index (χ0) is 19.5. The number of hydrazone groups is 1. The van der Waals surface area contributed by atoms with Gasteiger partial charge in [0.25, 0.3) is 0 Å². The van der Waals surface area contributed by atoms with Crippen LogP contribution < -0.4 is 5.43 Å². The van der Waals surface area contributed by atoms with Crippen molar-refractivity contribution in [3.63, 3.8) is 0 Å². The van der Waals surface area contributed by atoms with Crippen LogP contribution in [0.1, 0.15) is 5.56 Å². The van der Waals surface area contributed by atoms with Crippen molar-refractivity contribution < 1.29 is 4.42 Å². The molecule has 5 aromatic rings. The molecule has 140 valence electrons. The zero-order valence-corrected chi connectivity index (χ0v) is 15.4. The minimum atomic E-state index is 0.346. The van der Waals surface area contributed by atoms with Crippen LogP contribution >= 0.6 is 0 Å². The third-order valence-electron chi connectivity index (χ3n) is 4.47. The van der Waals surface area contributed by atoms with Crippen LogP contribution in [-0.4, -0.2) is 21.0 Å². The smallest absolute Gasteiger partial charge is 0.316 e. The Labute approximate surface area is 167 Å². The summed E-state index contributed by atoms with van der Waals surface area (Å²) in [6.07, 6.45) is 3.68. The summed E-state index contributed by atoms with van der Waals surface area (Å²) in [6, 6.07) is 28.0. The van der Waals surface area contributed by atoms with E-state index in [9.17, 15) is 0 Å². The van der Waals surface area contributed by atoms with Crippen LogP contribution in [0.15, 0.2) is 101 Å². The van der Waals surface area contributed by atoms with Gasteiger partial charge in [-0.25, -0.2) is 10.1 Å². The molecule has 0 bridgehead atoms. The maximum atomic E-state index is 5.64. The van der Waals surface area contributed by atoms with E-state index in [4.69, 9.17) is 9.52 Å². The monoisotopic (exact) mass is 379 g/mol. The lowest BCUT2D eigenvalue weighted by Gasteiger charge is -2.00. The molecule has 2 aromatic heterocycles. The maximum Gasteiger partial charge on any atom is 0.316 e. The van der Waals surface area contributed by atoms with Crippen LogP contribution in [0.3, 0.4) is 0 Å². The molecule has 5 rings (SSSR count). The Morgan fingerprint density at radius 3 is 2.38 bits per heavy atom. The first-order valence-corrected chi connectivity index (χ1v) is 9.22. The number of anilines is 1. The lowest BCUT2D eigenvalue weighted by atomic mass is 10.1. The molecule has 1 N–H and O–H groups in total. The van der Waals surface area contributed by atoms with Crippen LogP contribution in [0.2, 0.25) is 0 Å². The molecule has 0 aliphatic carbocycles. The van der Waals surface area contributed by atoms with Crippen LogP contribution in [-0.2, 0) is 0 Å². The molecule has 0 aliphatic rings. The number of hydrogen-bond acceptors (Lipinski definition) is 5. The van der Waals surface area contributed by atoms with Gasteiger partial charge in [-0.05, 0) is 24.3 Å². The van der Waals surface area contributed by atoms with Gasteiger partial charge in [-0.2, -0.15) is 15.2 Å². The van der Waals surface area contributed by atoms with E-state index in [1.807, 2.05) is 95.8 Å². The van der Waals surface area contributed by atoms with Gasteiger partial charge in [-0.1, -0.05) is 60.7 Å². The SMILES string of the molecule is C(=NNc1nc2ccccc2o1)c1cn(-c2ccccc2)nc1-c1ccccc1. The number of oxazole rings is 1. The molecular formula is C23H17N5O. The molecule has 0 saturated heterocycles. The van der Waals surface area contributed by atoms with Crippen molar-refractivity contribution >= 4 is 23.3 Å². The summed E-state index contributed by atoms with van der Waals surface area (Å²) in [5, 5.41) is 9.09. The number of aromatic nitrogens is 3. The maximum absolute atomic E-state index is 5.64. The molecule has 6 heteroatoms. The summed E-state index contributed by atoms with van der Waals surface area (Å²) < 4.78 is 7.49. The van der Waals surface area contributed by atoms with Crippen molar-refractivity contribution in [2.24, 2.45) is 5.10 Å².